The van der Waals surface area contributed by atoms with Gasteiger partial charge in [-0.3, -0.25) is 0 Å². The molecule has 0 radical (unpaired) electrons. The average molecular weight is 764 g/mol. The second kappa shape index (κ2) is 13.5. The summed E-state index contributed by atoms with van der Waals surface area (Å²) in [6, 6.07) is 78.0. The molecule has 1 aliphatic rings. The first-order chi connectivity index (χ1) is 25.7. The number of rotatable bonds is 7. The minimum absolute atomic E-state index is 0.929. The summed E-state index contributed by atoms with van der Waals surface area (Å²) in [6.07, 6.45) is 0. The van der Waals surface area contributed by atoms with Crippen molar-refractivity contribution >= 4 is 73.6 Å². The van der Waals surface area contributed by atoms with E-state index in [0.29, 0.717) is 0 Å². The van der Waals surface area contributed by atoms with Gasteiger partial charge in [-0.25, -0.2) is 0 Å². The van der Waals surface area contributed by atoms with Crippen LogP contribution < -0.4 is 46.2 Å². The van der Waals surface area contributed by atoms with Crippen LogP contribution in [0.1, 0.15) is 0 Å². The van der Waals surface area contributed by atoms with Gasteiger partial charge in [0.15, 0.2) is 16.1 Å². The Balaban J connectivity index is 1.35. The monoisotopic (exact) mass is 762 g/mol. The Morgan fingerprint density at radius 1 is 0.404 bits per heavy atom. The number of fused-ring (bicyclic) bond motifs is 2. The van der Waals surface area contributed by atoms with Crippen molar-refractivity contribution in [1.82, 2.24) is 0 Å². The molecule has 0 aliphatic carbocycles. The van der Waals surface area contributed by atoms with E-state index in [4.69, 9.17) is 4.74 Å². The fraction of sp³-hybridized carbons (Fsp3) is 0. The lowest BCUT2D eigenvalue weighted by Gasteiger charge is -2.40. The molecule has 0 spiro atoms. The lowest BCUT2D eigenvalue weighted by molar-refractivity contribution is 0.489. The molecule has 0 saturated heterocycles. The van der Waals surface area contributed by atoms with Crippen LogP contribution in [0.15, 0.2) is 217 Å². The molecule has 1 heterocycles. The molecule has 0 unspecified atom stereocenters. The highest BCUT2D eigenvalue weighted by Gasteiger charge is 2.48. The summed E-state index contributed by atoms with van der Waals surface area (Å²) in [6.45, 7) is 0. The molecule has 0 fully saturated rings. The summed E-state index contributed by atoms with van der Waals surface area (Å²) >= 11 is 4.03. The highest BCUT2D eigenvalue weighted by atomic mass is 79.9. The fourth-order valence-corrected chi connectivity index (χ4v) is 19.0. The quantitative estimate of drug-likeness (QED) is 0.126. The van der Waals surface area contributed by atoms with Crippen LogP contribution >= 0.6 is 15.9 Å². The average Bonchev–Trinajstić information content (AvgIpc) is 3.22. The van der Waals surface area contributed by atoms with Gasteiger partial charge in [-0.05, 0) is 65.3 Å². The first kappa shape index (κ1) is 32.4. The van der Waals surface area contributed by atoms with Gasteiger partial charge in [-0.1, -0.05) is 210 Å². The zero-order chi connectivity index (χ0) is 35.0. The van der Waals surface area contributed by atoms with E-state index < -0.39 is 16.1 Å². The van der Waals surface area contributed by atoms with E-state index >= 15 is 0 Å². The maximum atomic E-state index is 7.11. The number of benzene rings is 8. The first-order valence-corrected chi connectivity index (χ1v) is 22.5. The third-order valence-electron chi connectivity index (χ3n) is 10.6. The molecule has 0 saturated carbocycles. The zero-order valence-corrected chi connectivity index (χ0v) is 32.1. The number of hydrogen-bond donors (Lipinski definition) is 0. The normalized spacial score (nSPS) is 13.0. The summed E-state index contributed by atoms with van der Waals surface area (Å²) in [4.78, 5) is 0. The molecular weight excluding hydrogens is 729 g/mol. The second-order valence-corrected chi connectivity index (χ2v) is 21.8. The van der Waals surface area contributed by atoms with Crippen LogP contribution in [0.3, 0.4) is 0 Å². The molecule has 9 rings (SSSR count). The van der Waals surface area contributed by atoms with Gasteiger partial charge >= 0.3 is 0 Å². The molecule has 0 amide bonds. The first-order valence-electron chi connectivity index (χ1n) is 17.7. The van der Waals surface area contributed by atoms with Crippen molar-refractivity contribution in [3.8, 4) is 22.6 Å². The van der Waals surface area contributed by atoms with E-state index in [9.17, 15) is 0 Å². The standard InChI is InChI=1S/C48H35BrOSi2/c49-37-33-36(34-43(35-37)51(38-19-6-1-7-20-38,39-21-8-2-9-22-39)40-23-10-3-11-24-40)44-29-18-32-47-48(44)50-45-30-16-17-31-46(45)52(47,41-25-12-4-13-26-41)42-27-14-5-15-28-42/h1-35H. The molecule has 8 aromatic carbocycles. The van der Waals surface area contributed by atoms with Gasteiger partial charge in [0.05, 0.1) is 0 Å². The minimum atomic E-state index is -2.79. The molecule has 248 valence electrons. The van der Waals surface area contributed by atoms with Crippen LogP contribution in [0.4, 0.5) is 0 Å². The van der Waals surface area contributed by atoms with Crippen molar-refractivity contribution in [1.29, 1.82) is 0 Å². The number of para-hydroxylation sites is 2. The van der Waals surface area contributed by atoms with Gasteiger partial charge in [0.1, 0.15) is 11.5 Å². The molecule has 0 aromatic heterocycles. The molecule has 4 heteroatoms. The largest absolute Gasteiger partial charge is 0.457 e. The zero-order valence-electron chi connectivity index (χ0n) is 28.5. The maximum Gasteiger partial charge on any atom is 0.188 e. The van der Waals surface area contributed by atoms with Gasteiger partial charge in [-0.2, -0.15) is 0 Å². The lowest BCUT2D eigenvalue weighted by Crippen LogP contribution is -2.76. The number of hydrogen-bond acceptors (Lipinski definition) is 1. The Morgan fingerprint density at radius 2 is 0.865 bits per heavy atom. The molecule has 8 aromatic rings. The van der Waals surface area contributed by atoms with E-state index in [0.717, 1.165) is 27.1 Å². The Hall–Kier alpha value is -5.53. The lowest BCUT2D eigenvalue weighted by atomic mass is 10.0. The summed E-state index contributed by atoms with van der Waals surface area (Å²) in [5.41, 5.74) is 2.22. The van der Waals surface area contributed by atoms with Crippen LogP contribution in [0.2, 0.25) is 0 Å². The predicted molar refractivity (Wildman–Crippen MR) is 227 cm³/mol. The Bertz CT molecular complexity index is 2350. The molecule has 1 aliphatic heterocycles. The van der Waals surface area contributed by atoms with Crippen LogP contribution in [0.5, 0.6) is 11.5 Å². The fourth-order valence-electron chi connectivity index (χ4n) is 8.48. The summed E-state index contributed by atoms with van der Waals surface area (Å²) in [7, 11) is -5.57. The Morgan fingerprint density at radius 3 is 1.40 bits per heavy atom. The molecular formula is C48H35BrOSi2. The van der Waals surface area contributed by atoms with Gasteiger partial charge < -0.3 is 4.74 Å². The van der Waals surface area contributed by atoms with Gasteiger partial charge in [0.2, 0.25) is 0 Å². The molecule has 0 atom stereocenters. The smallest absolute Gasteiger partial charge is 0.188 e. The van der Waals surface area contributed by atoms with Crippen LogP contribution in [0.25, 0.3) is 11.1 Å². The van der Waals surface area contributed by atoms with E-state index in [1.54, 1.807) is 0 Å². The summed E-state index contributed by atoms with van der Waals surface area (Å²) < 4.78 is 8.16. The van der Waals surface area contributed by atoms with Crippen LogP contribution in [0, 0.1) is 0 Å². The van der Waals surface area contributed by atoms with E-state index in [-0.39, 0.29) is 0 Å². The topological polar surface area (TPSA) is 9.23 Å². The van der Waals surface area contributed by atoms with Crippen LogP contribution in [-0.4, -0.2) is 16.1 Å². The van der Waals surface area contributed by atoms with Crippen molar-refractivity contribution in [2.45, 2.75) is 0 Å². The Labute approximate surface area is 316 Å². The summed E-state index contributed by atoms with van der Waals surface area (Å²) in [5, 5.41) is 10.6. The third-order valence-corrected chi connectivity index (χ3v) is 20.6. The maximum absolute atomic E-state index is 7.11. The summed E-state index contributed by atoms with van der Waals surface area (Å²) in [5.74, 6) is 1.87. The van der Waals surface area contributed by atoms with Crippen molar-refractivity contribution in [2.75, 3.05) is 0 Å². The molecule has 0 N–H and O–H groups in total. The van der Waals surface area contributed by atoms with Crippen molar-refractivity contribution in [2.24, 2.45) is 0 Å². The number of ether oxygens (including phenoxy) is 1. The third kappa shape index (κ3) is 5.17. The van der Waals surface area contributed by atoms with Crippen molar-refractivity contribution < 1.29 is 4.74 Å². The predicted octanol–water partition coefficient (Wildman–Crippen LogP) is 6.98. The van der Waals surface area contributed by atoms with Gasteiger partial charge in [0.25, 0.3) is 0 Å². The minimum Gasteiger partial charge on any atom is -0.457 e. The van der Waals surface area contributed by atoms with E-state index in [1.807, 2.05) is 0 Å². The second-order valence-electron chi connectivity index (χ2n) is 13.3. The Kier molecular flexibility index (Phi) is 8.44. The SMILES string of the molecule is Brc1cc(-c2cccc3c2Oc2ccccc2[Si]3(c2ccccc2)c2ccccc2)cc([Si](c2ccccc2)(c2ccccc2)c2ccccc2)c1. The van der Waals surface area contributed by atoms with Crippen molar-refractivity contribution in [3.05, 3.63) is 217 Å². The van der Waals surface area contributed by atoms with Gasteiger partial charge in [-0.15, -0.1) is 0 Å². The van der Waals surface area contributed by atoms with E-state index in [1.165, 1.54) is 41.5 Å². The van der Waals surface area contributed by atoms with Crippen LogP contribution in [-0.2, 0) is 0 Å². The highest BCUT2D eigenvalue weighted by Crippen LogP contribution is 2.38. The van der Waals surface area contributed by atoms with Gasteiger partial charge in [0, 0.05) is 10.0 Å². The van der Waals surface area contributed by atoms with E-state index in [2.05, 4.69) is 228 Å². The van der Waals surface area contributed by atoms with Crippen molar-refractivity contribution in [3.63, 3.8) is 0 Å². The highest BCUT2D eigenvalue weighted by molar-refractivity contribution is 9.10. The molecule has 0 bridgehead atoms. The molecule has 1 nitrogen and oxygen atoms in total. The molecule has 52 heavy (non-hydrogen) atoms. The number of halogens is 1.